The molecule has 8 rings (SSSR count). The Bertz CT molecular complexity index is 2070. The van der Waals surface area contributed by atoms with Crippen LogP contribution in [-0.2, 0) is 24.5 Å². The maximum atomic E-state index is 13.0. The van der Waals surface area contributed by atoms with Gasteiger partial charge in [-0.2, -0.15) is 0 Å². The van der Waals surface area contributed by atoms with Crippen molar-refractivity contribution in [2.24, 2.45) is 0 Å². The minimum atomic E-state index is -1.14. The van der Waals surface area contributed by atoms with Crippen LogP contribution in [0.4, 0.5) is 5.82 Å². The van der Waals surface area contributed by atoms with Gasteiger partial charge >= 0.3 is 0 Å². The van der Waals surface area contributed by atoms with Crippen LogP contribution < -0.4 is 10.1 Å². The molecule has 4 aromatic carbocycles. The van der Waals surface area contributed by atoms with Gasteiger partial charge in [0.2, 0.25) is 5.79 Å². The summed E-state index contributed by atoms with van der Waals surface area (Å²) < 4.78 is 33.9. The predicted molar refractivity (Wildman–Crippen MR) is 185 cm³/mol. The Morgan fingerprint density at radius 2 is 1.50 bits per heavy atom. The first kappa shape index (κ1) is 31.8. The number of aromatic nitrogens is 4. The molecule has 3 unspecified atom stereocenters. The van der Waals surface area contributed by atoms with Gasteiger partial charge in [-0.3, -0.25) is 9.36 Å². The van der Waals surface area contributed by atoms with Gasteiger partial charge < -0.3 is 29.0 Å². The average molecular weight is 670 g/mol. The number of imidazole rings is 1. The number of nitrogens with one attached hydrogen (secondary N) is 1. The molecule has 6 aromatic rings. The molecule has 1 amide bonds. The molecule has 50 heavy (non-hydrogen) atoms. The number of fused-ring (bicyclic) bond motifs is 3. The Balaban J connectivity index is 1.14. The summed E-state index contributed by atoms with van der Waals surface area (Å²) in [5.41, 5.74) is 2.34. The van der Waals surface area contributed by atoms with Crippen molar-refractivity contribution in [2.45, 2.75) is 29.6 Å². The van der Waals surface area contributed by atoms with Gasteiger partial charge in [0.25, 0.3) is 5.91 Å². The third-order valence-electron chi connectivity index (χ3n) is 9.52. The normalized spacial score (nSPS) is 21.4. The van der Waals surface area contributed by atoms with Gasteiger partial charge in [0.15, 0.2) is 23.2 Å². The van der Waals surface area contributed by atoms with Crippen molar-refractivity contribution in [2.75, 3.05) is 32.8 Å². The van der Waals surface area contributed by atoms with E-state index in [4.69, 9.17) is 23.7 Å². The molecule has 252 valence electrons. The van der Waals surface area contributed by atoms with Crippen LogP contribution in [0.2, 0.25) is 0 Å². The lowest BCUT2D eigenvalue weighted by Gasteiger charge is -2.40. The number of carbonyl (C=O) groups excluding carboxylic acids is 1. The van der Waals surface area contributed by atoms with E-state index in [9.17, 15) is 4.79 Å². The molecular weight excluding hydrogens is 634 g/mol. The zero-order chi connectivity index (χ0) is 34.2. The number of nitrogens with zero attached hydrogens (tertiary/aromatic N) is 4. The largest absolute Gasteiger partial charge is 0.497 e. The number of ether oxygens (including phenoxy) is 5. The van der Waals surface area contributed by atoms with Crippen LogP contribution in [0.25, 0.3) is 11.2 Å². The molecule has 3 atom stereocenters. The summed E-state index contributed by atoms with van der Waals surface area (Å²) in [6, 6.07) is 37.2. The first-order valence-corrected chi connectivity index (χ1v) is 16.3. The molecule has 4 heterocycles. The Hall–Kier alpha value is -5.46. The van der Waals surface area contributed by atoms with Gasteiger partial charge in [-0.1, -0.05) is 91.0 Å². The van der Waals surface area contributed by atoms with E-state index < -0.39 is 23.2 Å². The molecule has 2 aliphatic rings. The quantitative estimate of drug-likeness (QED) is 0.163. The highest BCUT2D eigenvalue weighted by Crippen LogP contribution is 2.54. The maximum absolute atomic E-state index is 13.0. The molecule has 11 heteroatoms. The number of hydrogen-bond donors (Lipinski definition) is 1. The first-order valence-electron chi connectivity index (χ1n) is 16.3. The summed E-state index contributed by atoms with van der Waals surface area (Å²) >= 11 is 0. The van der Waals surface area contributed by atoms with E-state index in [1.165, 1.54) is 6.33 Å². The molecule has 0 aliphatic carbocycles. The molecule has 0 radical (unpaired) electrons. The van der Waals surface area contributed by atoms with Crippen molar-refractivity contribution >= 4 is 22.9 Å². The lowest BCUT2D eigenvalue weighted by molar-refractivity contribution is -0.301. The van der Waals surface area contributed by atoms with Crippen molar-refractivity contribution in [3.05, 3.63) is 150 Å². The average Bonchev–Trinajstić information content (AvgIpc) is 3.88. The number of hydrogen-bond acceptors (Lipinski definition) is 9. The molecule has 0 saturated carbocycles. The topological polar surface area (TPSA) is 119 Å². The van der Waals surface area contributed by atoms with Crippen LogP contribution in [0.3, 0.4) is 0 Å². The van der Waals surface area contributed by atoms with Crippen LogP contribution >= 0.6 is 0 Å². The second kappa shape index (κ2) is 12.8. The van der Waals surface area contributed by atoms with Gasteiger partial charge in [0.1, 0.15) is 23.3 Å². The van der Waals surface area contributed by atoms with Crippen molar-refractivity contribution in [1.29, 1.82) is 0 Å². The molecule has 2 aliphatic heterocycles. The zero-order valence-electron chi connectivity index (χ0n) is 27.6. The van der Waals surface area contributed by atoms with Crippen molar-refractivity contribution in [3.8, 4) is 5.75 Å². The zero-order valence-corrected chi connectivity index (χ0v) is 27.6. The minimum Gasteiger partial charge on any atom is -0.497 e. The lowest BCUT2D eigenvalue weighted by atomic mass is 9.80. The van der Waals surface area contributed by atoms with Gasteiger partial charge in [-0.15, -0.1) is 0 Å². The smallest absolute Gasteiger partial charge is 0.256 e. The summed E-state index contributed by atoms with van der Waals surface area (Å²) in [5, 5.41) is 2.86. The van der Waals surface area contributed by atoms with E-state index in [0.29, 0.717) is 23.1 Å². The Morgan fingerprint density at radius 1 is 0.860 bits per heavy atom. The van der Waals surface area contributed by atoms with E-state index in [-0.39, 0.29) is 24.9 Å². The third kappa shape index (κ3) is 5.31. The van der Waals surface area contributed by atoms with E-state index in [1.54, 1.807) is 49.4 Å². The van der Waals surface area contributed by atoms with Crippen LogP contribution in [0.5, 0.6) is 5.75 Å². The standard InChI is InChI=1S/C39H35N5O6/c1-46-31-20-18-30(19-21-31)39(28-14-8-4-9-15-28,29-16-10-5-11-17-29)49-24-37-22-38(47-2,48-23-37)36(50-37)44-26-42-32-33(40-25-41-34(32)44)43-35(45)27-12-6-3-7-13-27/h3-21,25-26,36H,22-24H2,1-2H3,(H,40,41,43,45). The fraction of sp³-hybridized carbons (Fsp3) is 0.231. The maximum Gasteiger partial charge on any atom is 0.256 e. The molecule has 2 aromatic heterocycles. The monoisotopic (exact) mass is 669 g/mol. The molecule has 2 fully saturated rings. The molecule has 2 saturated heterocycles. The predicted octanol–water partition coefficient (Wildman–Crippen LogP) is 6.13. The number of amides is 1. The molecular formula is C39H35N5O6. The van der Waals surface area contributed by atoms with E-state index in [1.807, 2.05) is 66.7 Å². The summed E-state index contributed by atoms with van der Waals surface area (Å²) in [4.78, 5) is 26.4. The van der Waals surface area contributed by atoms with Crippen LogP contribution in [-0.4, -0.2) is 64.2 Å². The fourth-order valence-corrected chi connectivity index (χ4v) is 7.04. The number of benzene rings is 4. The fourth-order valence-electron chi connectivity index (χ4n) is 7.04. The summed E-state index contributed by atoms with van der Waals surface area (Å²) in [6.45, 7) is 0.421. The SMILES string of the molecule is COc1ccc(C(OCC23COC(OC)(C2)C(n2cnc4c(NC(=O)c5ccccc5)ncnc42)O3)(c2ccccc2)c2ccccc2)cc1. The van der Waals surface area contributed by atoms with Crippen molar-refractivity contribution in [3.63, 3.8) is 0 Å². The third-order valence-corrected chi connectivity index (χ3v) is 9.52. The number of carbonyl (C=O) groups is 1. The first-order chi connectivity index (χ1) is 24.5. The van der Waals surface area contributed by atoms with E-state index in [0.717, 1.165) is 22.4 Å². The highest BCUT2D eigenvalue weighted by Gasteiger charge is 2.65. The van der Waals surface area contributed by atoms with Crippen molar-refractivity contribution < 1.29 is 28.5 Å². The molecule has 0 spiro atoms. The molecule has 11 nitrogen and oxygen atoms in total. The summed E-state index contributed by atoms with van der Waals surface area (Å²) in [6.07, 6.45) is 2.63. The summed E-state index contributed by atoms with van der Waals surface area (Å²) in [7, 11) is 3.26. The van der Waals surface area contributed by atoms with Crippen LogP contribution in [0.15, 0.2) is 128 Å². The summed E-state index contributed by atoms with van der Waals surface area (Å²) in [5.74, 6) is -0.414. The second-order valence-corrected chi connectivity index (χ2v) is 12.4. The van der Waals surface area contributed by atoms with Crippen molar-refractivity contribution in [1.82, 2.24) is 19.5 Å². The van der Waals surface area contributed by atoms with Crippen LogP contribution in [0.1, 0.15) is 39.7 Å². The minimum absolute atomic E-state index is 0.171. The Morgan fingerprint density at radius 3 is 2.14 bits per heavy atom. The number of anilines is 1. The van der Waals surface area contributed by atoms with E-state index >= 15 is 0 Å². The lowest BCUT2D eigenvalue weighted by Crippen LogP contribution is -2.45. The number of methoxy groups -OCH3 is 2. The highest BCUT2D eigenvalue weighted by atomic mass is 16.8. The number of rotatable bonds is 11. The Labute approximate surface area is 288 Å². The molecule has 1 N–H and O–H groups in total. The molecule has 2 bridgehead atoms. The Kier molecular flexibility index (Phi) is 8.12. The van der Waals surface area contributed by atoms with Crippen LogP contribution in [0, 0.1) is 0 Å². The second-order valence-electron chi connectivity index (χ2n) is 12.4. The van der Waals surface area contributed by atoms with Gasteiger partial charge in [-0.25, -0.2) is 15.0 Å². The highest BCUT2D eigenvalue weighted by molar-refractivity contribution is 6.06. The van der Waals surface area contributed by atoms with Gasteiger partial charge in [-0.05, 0) is 41.0 Å². The van der Waals surface area contributed by atoms with E-state index in [2.05, 4.69) is 44.5 Å². The van der Waals surface area contributed by atoms with Gasteiger partial charge in [0, 0.05) is 19.1 Å². The van der Waals surface area contributed by atoms with Gasteiger partial charge in [0.05, 0.1) is 26.7 Å².